The molecule has 0 saturated carbocycles. The molecule has 0 aliphatic heterocycles. The summed E-state index contributed by atoms with van der Waals surface area (Å²) in [5, 5.41) is 3.02. The van der Waals surface area contributed by atoms with Crippen molar-refractivity contribution in [1.29, 1.82) is 0 Å². The van der Waals surface area contributed by atoms with Gasteiger partial charge in [-0.1, -0.05) is 34.1 Å². The van der Waals surface area contributed by atoms with Gasteiger partial charge in [-0.25, -0.2) is 0 Å². The van der Waals surface area contributed by atoms with Crippen LogP contribution in [0.5, 0.6) is 0 Å². The van der Waals surface area contributed by atoms with E-state index in [1.54, 1.807) is 0 Å². The summed E-state index contributed by atoms with van der Waals surface area (Å²) in [5.74, 6) is 0.638. The highest BCUT2D eigenvalue weighted by Crippen LogP contribution is 2.14. The number of hydrogen-bond donors (Lipinski definition) is 2. The van der Waals surface area contributed by atoms with E-state index in [2.05, 4.69) is 26.1 Å². The highest BCUT2D eigenvalue weighted by molar-refractivity contribution is 5.86. The van der Waals surface area contributed by atoms with Crippen molar-refractivity contribution in [1.82, 2.24) is 5.32 Å². The zero-order chi connectivity index (χ0) is 12.8. The third-order valence-electron chi connectivity index (χ3n) is 3.54. The molecular formula is C13H28N2O. The minimum Gasteiger partial charge on any atom is -0.352 e. The molecule has 0 aromatic heterocycles. The Hall–Kier alpha value is -0.570. The molecule has 0 heterocycles. The Morgan fingerprint density at radius 3 is 2.12 bits per heavy atom. The molecule has 2 atom stereocenters. The van der Waals surface area contributed by atoms with Gasteiger partial charge in [0.2, 0.25) is 5.91 Å². The van der Waals surface area contributed by atoms with Gasteiger partial charge in [0.1, 0.15) is 0 Å². The first-order valence-electron chi connectivity index (χ1n) is 6.49. The predicted molar refractivity (Wildman–Crippen MR) is 69.2 cm³/mol. The molecule has 0 aliphatic rings. The number of amides is 1. The van der Waals surface area contributed by atoms with Crippen LogP contribution in [0.2, 0.25) is 0 Å². The molecule has 0 aromatic carbocycles. The van der Waals surface area contributed by atoms with Gasteiger partial charge in [0.05, 0.1) is 5.54 Å². The van der Waals surface area contributed by atoms with Crippen LogP contribution in [0.3, 0.4) is 0 Å². The Kier molecular flexibility index (Phi) is 6.65. The lowest BCUT2D eigenvalue weighted by Gasteiger charge is -2.28. The maximum atomic E-state index is 12.0. The van der Waals surface area contributed by atoms with Crippen LogP contribution in [0.15, 0.2) is 0 Å². The molecule has 0 saturated heterocycles. The average Bonchev–Trinajstić information content (AvgIpc) is 2.27. The summed E-state index contributed by atoms with van der Waals surface area (Å²) < 4.78 is 0. The second-order valence-electron chi connectivity index (χ2n) is 4.99. The van der Waals surface area contributed by atoms with Gasteiger partial charge in [0.25, 0.3) is 0 Å². The summed E-state index contributed by atoms with van der Waals surface area (Å²) in [5.41, 5.74) is 5.35. The van der Waals surface area contributed by atoms with Crippen molar-refractivity contribution in [2.75, 3.05) is 0 Å². The maximum absolute atomic E-state index is 12.0. The van der Waals surface area contributed by atoms with E-state index in [1.165, 1.54) is 0 Å². The maximum Gasteiger partial charge on any atom is 0.240 e. The Morgan fingerprint density at radius 1 is 1.25 bits per heavy atom. The van der Waals surface area contributed by atoms with Gasteiger partial charge < -0.3 is 11.1 Å². The Morgan fingerprint density at radius 2 is 1.75 bits per heavy atom. The SMILES string of the molecule is CCC(C)CC(C)NC(=O)C(N)(CC)CC. The first kappa shape index (κ1) is 15.4. The monoisotopic (exact) mass is 228 g/mol. The molecule has 0 fully saturated rings. The number of nitrogens with two attached hydrogens (primary N) is 1. The Balaban J connectivity index is 4.23. The normalized spacial score (nSPS) is 15.6. The van der Waals surface area contributed by atoms with Crippen LogP contribution in [0.1, 0.15) is 60.3 Å². The van der Waals surface area contributed by atoms with Crippen molar-refractivity contribution in [3.63, 3.8) is 0 Å². The first-order chi connectivity index (χ1) is 7.39. The molecule has 0 spiro atoms. The second-order valence-corrected chi connectivity index (χ2v) is 4.99. The molecule has 0 aliphatic carbocycles. The van der Waals surface area contributed by atoms with Crippen molar-refractivity contribution >= 4 is 5.91 Å². The van der Waals surface area contributed by atoms with Crippen molar-refractivity contribution in [2.45, 2.75) is 71.9 Å². The molecule has 16 heavy (non-hydrogen) atoms. The fourth-order valence-corrected chi connectivity index (χ4v) is 1.77. The molecule has 3 heteroatoms. The van der Waals surface area contributed by atoms with Crippen molar-refractivity contribution in [2.24, 2.45) is 11.7 Å². The first-order valence-corrected chi connectivity index (χ1v) is 6.49. The van der Waals surface area contributed by atoms with Gasteiger partial charge >= 0.3 is 0 Å². The van der Waals surface area contributed by atoms with Gasteiger partial charge in [0.15, 0.2) is 0 Å². The van der Waals surface area contributed by atoms with Gasteiger partial charge in [-0.3, -0.25) is 4.79 Å². The van der Waals surface area contributed by atoms with Crippen molar-refractivity contribution in [3.05, 3.63) is 0 Å². The van der Waals surface area contributed by atoms with Crippen LogP contribution in [-0.2, 0) is 4.79 Å². The Bertz CT molecular complexity index is 212. The molecule has 2 unspecified atom stereocenters. The lowest BCUT2D eigenvalue weighted by atomic mass is 9.92. The topological polar surface area (TPSA) is 55.1 Å². The van der Waals surface area contributed by atoms with Crippen molar-refractivity contribution < 1.29 is 4.79 Å². The minimum absolute atomic E-state index is 0.00620. The summed E-state index contributed by atoms with van der Waals surface area (Å²) in [7, 11) is 0. The molecule has 1 amide bonds. The number of carbonyl (C=O) groups is 1. The van der Waals surface area contributed by atoms with E-state index in [-0.39, 0.29) is 11.9 Å². The third kappa shape index (κ3) is 4.52. The van der Waals surface area contributed by atoms with Gasteiger partial charge in [-0.05, 0) is 32.1 Å². The summed E-state index contributed by atoms with van der Waals surface area (Å²) in [6, 6.07) is 0.212. The minimum atomic E-state index is -0.691. The quantitative estimate of drug-likeness (QED) is 0.703. The van der Waals surface area contributed by atoms with Crippen LogP contribution >= 0.6 is 0 Å². The van der Waals surface area contributed by atoms with E-state index in [9.17, 15) is 4.79 Å². The molecule has 3 N–H and O–H groups in total. The fourth-order valence-electron chi connectivity index (χ4n) is 1.77. The summed E-state index contributed by atoms with van der Waals surface area (Å²) >= 11 is 0. The van der Waals surface area contributed by atoms with E-state index < -0.39 is 5.54 Å². The third-order valence-corrected chi connectivity index (χ3v) is 3.54. The van der Waals surface area contributed by atoms with Crippen LogP contribution in [-0.4, -0.2) is 17.5 Å². The molecule has 0 radical (unpaired) electrons. The highest BCUT2D eigenvalue weighted by Gasteiger charge is 2.30. The molecule has 0 bridgehead atoms. The average molecular weight is 228 g/mol. The highest BCUT2D eigenvalue weighted by atomic mass is 16.2. The lowest BCUT2D eigenvalue weighted by molar-refractivity contribution is -0.127. The van der Waals surface area contributed by atoms with E-state index in [0.29, 0.717) is 18.8 Å². The number of nitrogens with one attached hydrogen (secondary N) is 1. The smallest absolute Gasteiger partial charge is 0.240 e. The summed E-state index contributed by atoms with van der Waals surface area (Å²) in [6.07, 6.45) is 3.54. The number of hydrogen-bond acceptors (Lipinski definition) is 2. The van der Waals surface area contributed by atoms with Gasteiger partial charge in [-0.15, -0.1) is 0 Å². The standard InChI is InChI=1S/C13H28N2O/c1-6-10(4)9-11(5)15-12(16)13(14,7-2)8-3/h10-11H,6-9,14H2,1-5H3,(H,15,16). The lowest BCUT2D eigenvalue weighted by Crippen LogP contribution is -2.55. The second kappa shape index (κ2) is 6.89. The summed E-state index contributed by atoms with van der Waals surface area (Å²) in [4.78, 5) is 12.0. The van der Waals surface area contributed by atoms with Crippen LogP contribution in [0.4, 0.5) is 0 Å². The van der Waals surface area contributed by atoms with Crippen LogP contribution < -0.4 is 11.1 Å². The fraction of sp³-hybridized carbons (Fsp3) is 0.923. The molecule has 0 aromatic rings. The molecular weight excluding hydrogens is 200 g/mol. The molecule has 3 nitrogen and oxygen atoms in total. The van der Waals surface area contributed by atoms with Crippen LogP contribution in [0.25, 0.3) is 0 Å². The zero-order valence-corrected chi connectivity index (χ0v) is 11.5. The van der Waals surface area contributed by atoms with E-state index in [4.69, 9.17) is 5.73 Å². The predicted octanol–water partition coefficient (Wildman–Crippen LogP) is 2.44. The van der Waals surface area contributed by atoms with Crippen LogP contribution in [0, 0.1) is 5.92 Å². The molecule has 96 valence electrons. The van der Waals surface area contributed by atoms with Gasteiger partial charge in [-0.2, -0.15) is 0 Å². The van der Waals surface area contributed by atoms with E-state index in [0.717, 1.165) is 12.8 Å². The number of rotatable bonds is 7. The summed E-state index contributed by atoms with van der Waals surface area (Å²) in [6.45, 7) is 10.4. The zero-order valence-electron chi connectivity index (χ0n) is 11.5. The van der Waals surface area contributed by atoms with E-state index >= 15 is 0 Å². The largest absolute Gasteiger partial charge is 0.352 e. The van der Waals surface area contributed by atoms with Crippen molar-refractivity contribution in [3.8, 4) is 0 Å². The number of carbonyl (C=O) groups excluding carboxylic acids is 1. The molecule has 0 rings (SSSR count). The Labute approximate surface area is 100 Å². The van der Waals surface area contributed by atoms with E-state index in [1.807, 2.05) is 13.8 Å². The van der Waals surface area contributed by atoms with Gasteiger partial charge in [0, 0.05) is 6.04 Å².